The van der Waals surface area contributed by atoms with Gasteiger partial charge in [0.1, 0.15) is 0 Å². The van der Waals surface area contributed by atoms with Crippen LogP contribution in [0.25, 0.3) is 0 Å². The summed E-state index contributed by atoms with van der Waals surface area (Å²) in [5.74, 6) is -1.42. The first-order valence-corrected chi connectivity index (χ1v) is 6.64. The summed E-state index contributed by atoms with van der Waals surface area (Å²) in [6, 6.07) is 0. The Morgan fingerprint density at radius 3 is 2.05 bits per heavy atom. The molecule has 114 valence electrons. The maximum absolute atomic E-state index is 10.4. The molecular formula is C13H18N4O4. The smallest absolute Gasteiger partial charge is 0.213 e. The molecule has 21 heavy (non-hydrogen) atoms. The number of rotatable bonds is 2. The van der Waals surface area contributed by atoms with Gasteiger partial charge in [-0.05, 0) is 6.92 Å². The first-order chi connectivity index (χ1) is 9.84. The molecule has 1 fully saturated rings. The second kappa shape index (κ2) is 4.47. The van der Waals surface area contributed by atoms with Crippen LogP contribution < -0.4 is 0 Å². The van der Waals surface area contributed by atoms with Gasteiger partial charge in [-0.3, -0.25) is 0 Å². The number of aliphatic hydroxyl groups excluding tert-OH is 2. The summed E-state index contributed by atoms with van der Waals surface area (Å²) in [4.78, 5) is 0. The second-order valence-electron chi connectivity index (χ2n) is 5.53. The highest BCUT2D eigenvalue weighted by molar-refractivity contribution is 5.43. The minimum absolute atomic E-state index is 0.0653. The lowest BCUT2D eigenvalue weighted by atomic mass is 9.63. The third kappa shape index (κ3) is 1.76. The average Bonchev–Trinajstić information content (AvgIpc) is 2.87. The number of aromatic nitrogens is 4. The number of aromatic hydroxyl groups is 2. The van der Waals surface area contributed by atoms with Gasteiger partial charge in [0.15, 0.2) is 0 Å². The van der Waals surface area contributed by atoms with E-state index in [1.54, 1.807) is 21.0 Å². The Bertz CT molecular complexity index is 683. The number of aliphatic hydroxyl groups is 2. The van der Waals surface area contributed by atoms with Crippen LogP contribution in [0.1, 0.15) is 28.7 Å². The molecule has 8 nitrogen and oxygen atoms in total. The van der Waals surface area contributed by atoms with Crippen LogP contribution in [0.5, 0.6) is 11.8 Å². The molecule has 1 aliphatic rings. The summed E-state index contributed by atoms with van der Waals surface area (Å²) in [5, 5.41) is 48.7. The van der Waals surface area contributed by atoms with E-state index < -0.39 is 24.0 Å². The number of hydrogen-bond donors (Lipinski definition) is 4. The zero-order valence-corrected chi connectivity index (χ0v) is 12.0. The van der Waals surface area contributed by atoms with Gasteiger partial charge >= 0.3 is 0 Å². The predicted molar refractivity (Wildman–Crippen MR) is 72.0 cm³/mol. The molecule has 0 bridgehead atoms. The maximum Gasteiger partial charge on any atom is 0.213 e. The van der Waals surface area contributed by atoms with Gasteiger partial charge in [-0.15, -0.1) is 0 Å². The van der Waals surface area contributed by atoms with E-state index in [1.165, 1.54) is 15.6 Å². The minimum atomic E-state index is -0.927. The average molecular weight is 294 g/mol. The van der Waals surface area contributed by atoms with Crippen molar-refractivity contribution in [3.05, 3.63) is 23.0 Å². The molecule has 0 radical (unpaired) electrons. The molecule has 0 amide bonds. The largest absolute Gasteiger partial charge is 0.493 e. The standard InChI is InChI=1S/C13H18N4O4/c1-5-7(13(21)17(3)15-5)9-10(18)8(11(9)19)6-4-14-16(2)12(6)20/h4,8-11,18-21H,1-3H3. The molecule has 1 saturated carbocycles. The summed E-state index contributed by atoms with van der Waals surface area (Å²) in [6.07, 6.45) is -0.425. The van der Waals surface area contributed by atoms with Crippen molar-refractivity contribution >= 4 is 0 Å². The van der Waals surface area contributed by atoms with Crippen molar-refractivity contribution in [3.63, 3.8) is 0 Å². The van der Waals surface area contributed by atoms with E-state index in [2.05, 4.69) is 10.2 Å². The van der Waals surface area contributed by atoms with Crippen molar-refractivity contribution in [2.45, 2.75) is 31.0 Å². The van der Waals surface area contributed by atoms with Crippen LogP contribution in [0.15, 0.2) is 6.20 Å². The fourth-order valence-corrected chi connectivity index (χ4v) is 3.15. The molecule has 1 aliphatic carbocycles. The highest BCUT2D eigenvalue weighted by Crippen LogP contribution is 2.52. The Kier molecular flexibility index (Phi) is 2.96. The Hall–Kier alpha value is -2.06. The Morgan fingerprint density at radius 1 is 1.00 bits per heavy atom. The first kappa shape index (κ1) is 13.9. The van der Waals surface area contributed by atoms with Gasteiger partial charge in [0, 0.05) is 37.1 Å². The van der Waals surface area contributed by atoms with Crippen molar-refractivity contribution in [1.29, 1.82) is 0 Å². The van der Waals surface area contributed by atoms with Crippen LogP contribution in [0, 0.1) is 6.92 Å². The van der Waals surface area contributed by atoms with Crippen LogP contribution in [0.2, 0.25) is 0 Å². The van der Waals surface area contributed by atoms with Crippen molar-refractivity contribution in [3.8, 4) is 11.8 Å². The van der Waals surface area contributed by atoms with Gasteiger partial charge in [-0.1, -0.05) is 0 Å². The molecule has 4 N–H and O–H groups in total. The van der Waals surface area contributed by atoms with E-state index in [9.17, 15) is 20.4 Å². The van der Waals surface area contributed by atoms with Gasteiger partial charge in [-0.25, -0.2) is 9.36 Å². The lowest BCUT2D eigenvalue weighted by molar-refractivity contribution is -0.0800. The van der Waals surface area contributed by atoms with Crippen LogP contribution in [-0.2, 0) is 14.1 Å². The molecule has 2 heterocycles. The van der Waals surface area contributed by atoms with E-state index in [1.807, 2.05) is 0 Å². The summed E-state index contributed by atoms with van der Waals surface area (Å²) < 4.78 is 2.58. The van der Waals surface area contributed by atoms with E-state index in [4.69, 9.17) is 0 Å². The van der Waals surface area contributed by atoms with Crippen LogP contribution in [-0.4, -0.2) is 52.2 Å². The molecule has 0 aliphatic heterocycles. The van der Waals surface area contributed by atoms with Crippen LogP contribution >= 0.6 is 0 Å². The monoisotopic (exact) mass is 294 g/mol. The normalized spacial score (nSPS) is 28.6. The fraction of sp³-hybridized carbons (Fsp3) is 0.538. The summed E-state index contributed by atoms with van der Waals surface area (Å²) in [6.45, 7) is 1.71. The molecule has 0 aromatic carbocycles. The lowest BCUT2D eigenvalue weighted by Gasteiger charge is -2.46. The molecule has 8 heteroatoms. The Balaban J connectivity index is 1.94. The predicted octanol–water partition coefficient (Wildman–Crippen LogP) is -0.524. The van der Waals surface area contributed by atoms with Crippen LogP contribution in [0.3, 0.4) is 0 Å². The third-order valence-electron chi connectivity index (χ3n) is 4.34. The first-order valence-electron chi connectivity index (χ1n) is 6.64. The van der Waals surface area contributed by atoms with Crippen molar-refractivity contribution in [1.82, 2.24) is 19.6 Å². The van der Waals surface area contributed by atoms with E-state index in [0.717, 1.165) is 0 Å². The molecule has 2 atom stereocenters. The lowest BCUT2D eigenvalue weighted by Crippen LogP contribution is -2.51. The molecule has 2 unspecified atom stereocenters. The molecule has 2 aromatic heterocycles. The fourth-order valence-electron chi connectivity index (χ4n) is 3.15. The number of hydrogen-bond acceptors (Lipinski definition) is 6. The minimum Gasteiger partial charge on any atom is -0.493 e. The zero-order valence-electron chi connectivity index (χ0n) is 12.0. The summed E-state index contributed by atoms with van der Waals surface area (Å²) >= 11 is 0. The SMILES string of the molecule is Cc1nn(C)c(O)c1C1C(O)C(c2cnn(C)c2O)C1O. The summed E-state index contributed by atoms with van der Waals surface area (Å²) in [7, 11) is 3.17. The van der Waals surface area contributed by atoms with Gasteiger partial charge in [0.2, 0.25) is 11.8 Å². The molecule has 0 saturated heterocycles. The van der Waals surface area contributed by atoms with E-state index in [0.29, 0.717) is 16.8 Å². The van der Waals surface area contributed by atoms with Gasteiger partial charge < -0.3 is 20.4 Å². The zero-order chi connectivity index (χ0) is 15.5. The van der Waals surface area contributed by atoms with E-state index in [-0.39, 0.29) is 11.8 Å². The van der Waals surface area contributed by atoms with Crippen LogP contribution in [0.4, 0.5) is 0 Å². The second-order valence-corrected chi connectivity index (χ2v) is 5.53. The number of nitrogens with zero attached hydrogens (tertiary/aromatic N) is 4. The summed E-state index contributed by atoms with van der Waals surface area (Å²) in [5.41, 5.74) is 1.40. The van der Waals surface area contributed by atoms with Crippen molar-refractivity contribution in [2.24, 2.45) is 14.1 Å². The molecule has 3 rings (SSSR count). The highest BCUT2D eigenvalue weighted by atomic mass is 16.3. The molecule has 2 aromatic rings. The van der Waals surface area contributed by atoms with E-state index >= 15 is 0 Å². The van der Waals surface area contributed by atoms with Gasteiger partial charge in [-0.2, -0.15) is 10.2 Å². The topological polar surface area (TPSA) is 117 Å². The Morgan fingerprint density at radius 2 is 1.62 bits per heavy atom. The molecular weight excluding hydrogens is 276 g/mol. The van der Waals surface area contributed by atoms with Crippen molar-refractivity contribution < 1.29 is 20.4 Å². The molecule has 0 spiro atoms. The van der Waals surface area contributed by atoms with Gasteiger partial charge in [0.05, 0.1) is 24.1 Å². The van der Waals surface area contributed by atoms with Gasteiger partial charge in [0.25, 0.3) is 0 Å². The maximum atomic E-state index is 10.4. The Labute approximate surface area is 120 Å². The highest BCUT2D eigenvalue weighted by Gasteiger charge is 2.54. The third-order valence-corrected chi connectivity index (χ3v) is 4.34. The quantitative estimate of drug-likeness (QED) is 0.592. The number of aryl methyl sites for hydroxylation is 3. The van der Waals surface area contributed by atoms with Crippen molar-refractivity contribution in [2.75, 3.05) is 0 Å².